The summed E-state index contributed by atoms with van der Waals surface area (Å²) < 4.78 is 44.4. The Morgan fingerprint density at radius 1 is 1.06 bits per heavy atom. The molecule has 36 heavy (non-hydrogen) atoms. The zero-order valence-corrected chi connectivity index (χ0v) is 20.6. The molecular weight excluding hydrogens is 467 g/mol. The average Bonchev–Trinajstić information content (AvgIpc) is 3.39. The maximum atomic E-state index is 12.8. The number of hydrogen-bond donors (Lipinski definition) is 1. The highest BCUT2D eigenvalue weighted by molar-refractivity contribution is 6.04. The smallest absolute Gasteiger partial charge is 0.374 e. The zero-order chi connectivity index (χ0) is 25.3. The molecule has 3 atom stereocenters. The molecule has 2 aromatic rings. The Kier molecular flexibility index (Phi) is 7.26. The third-order valence-electron chi connectivity index (χ3n) is 7.94. The SMILES string of the molecule is CC(CC(F)(F)F)N1CC2CCN(c3ccc(NC(=O)c4ccc(COC5CCC5)cc4)cc3)C2C1. The number of carbonyl (C=O) groups excluding carboxylic acids is 1. The van der Waals surface area contributed by atoms with E-state index >= 15 is 0 Å². The topological polar surface area (TPSA) is 44.8 Å². The van der Waals surface area contributed by atoms with Gasteiger partial charge in [-0.05, 0) is 80.5 Å². The van der Waals surface area contributed by atoms with E-state index in [1.807, 2.05) is 53.4 Å². The summed E-state index contributed by atoms with van der Waals surface area (Å²) in [6, 6.07) is 15.0. The van der Waals surface area contributed by atoms with Crippen molar-refractivity contribution in [3.63, 3.8) is 0 Å². The molecule has 194 valence electrons. The highest BCUT2D eigenvalue weighted by atomic mass is 19.4. The number of nitrogens with one attached hydrogen (secondary N) is 1. The van der Waals surface area contributed by atoms with E-state index in [0.717, 1.165) is 43.6 Å². The van der Waals surface area contributed by atoms with Crippen molar-refractivity contribution < 1.29 is 22.7 Å². The first kappa shape index (κ1) is 25.1. The minimum Gasteiger partial charge on any atom is -0.374 e. The van der Waals surface area contributed by atoms with Crippen molar-refractivity contribution in [2.75, 3.05) is 29.9 Å². The lowest BCUT2D eigenvalue weighted by molar-refractivity contribution is -0.145. The van der Waals surface area contributed by atoms with Crippen LogP contribution >= 0.6 is 0 Å². The lowest BCUT2D eigenvalue weighted by Gasteiger charge is -2.29. The zero-order valence-electron chi connectivity index (χ0n) is 20.6. The Morgan fingerprint density at radius 2 is 1.78 bits per heavy atom. The second-order valence-corrected chi connectivity index (χ2v) is 10.5. The van der Waals surface area contributed by atoms with Gasteiger partial charge in [-0.1, -0.05) is 12.1 Å². The second kappa shape index (κ2) is 10.4. The van der Waals surface area contributed by atoms with Crippen LogP contribution in [0, 0.1) is 5.92 Å². The second-order valence-electron chi connectivity index (χ2n) is 10.5. The minimum absolute atomic E-state index is 0.166. The predicted molar refractivity (Wildman–Crippen MR) is 134 cm³/mol. The van der Waals surface area contributed by atoms with Gasteiger partial charge < -0.3 is 15.0 Å². The number of likely N-dealkylation sites (tertiary alicyclic amines) is 1. The Bertz CT molecular complexity index is 1040. The highest BCUT2D eigenvalue weighted by Crippen LogP contribution is 2.37. The molecule has 1 N–H and O–H groups in total. The summed E-state index contributed by atoms with van der Waals surface area (Å²) in [5.41, 5.74) is 3.41. The van der Waals surface area contributed by atoms with E-state index in [9.17, 15) is 18.0 Å². The van der Waals surface area contributed by atoms with Crippen LogP contribution in [-0.2, 0) is 11.3 Å². The van der Waals surface area contributed by atoms with Gasteiger partial charge in [0.2, 0.25) is 0 Å². The van der Waals surface area contributed by atoms with E-state index in [2.05, 4.69) is 10.2 Å². The van der Waals surface area contributed by atoms with Crippen LogP contribution in [0.1, 0.15) is 54.9 Å². The van der Waals surface area contributed by atoms with Crippen molar-refractivity contribution in [2.45, 2.75) is 70.0 Å². The molecule has 3 aliphatic rings. The molecule has 1 aliphatic carbocycles. The first-order valence-electron chi connectivity index (χ1n) is 12.9. The molecule has 2 heterocycles. The summed E-state index contributed by atoms with van der Waals surface area (Å²) in [4.78, 5) is 17.0. The van der Waals surface area contributed by atoms with Gasteiger partial charge >= 0.3 is 6.18 Å². The van der Waals surface area contributed by atoms with Crippen molar-refractivity contribution in [2.24, 2.45) is 5.92 Å². The molecule has 2 aliphatic heterocycles. The molecule has 5 rings (SSSR count). The van der Waals surface area contributed by atoms with Crippen LogP contribution in [-0.4, -0.2) is 54.8 Å². The quantitative estimate of drug-likeness (QED) is 0.492. The van der Waals surface area contributed by atoms with Crippen LogP contribution in [0.4, 0.5) is 24.5 Å². The lowest BCUT2D eigenvalue weighted by Crippen LogP contribution is -2.39. The van der Waals surface area contributed by atoms with Gasteiger partial charge in [0, 0.05) is 48.7 Å². The Labute approximate surface area is 210 Å². The van der Waals surface area contributed by atoms with Gasteiger partial charge in [0.25, 0.3) is 5.91 Å². The van der Waals surface area contributed by atoms with Crippen LogP contribution in [0.15, 0.2) is 48.5 Å². The number of ether oxygens (including phenoxy) is 1. The molecule has 0 bridgehead atoms. The summed E-state index contributed by atoms with van der Waals surface area (Å²) in [6.45, 7) is 4.53. The van der Waals surface area contributed by atoms with Crippen LogP contribution in [0.2, 0.25) is 0 Å². The Morgan fingerprint density at radius 3 is 2.42 bits per heavy atom. The van der Waals surface area contributed by atoms with Crippen molar-refractivity contribution in [3.8, 4) is 0 Å². The molecule has 0 radical (unpaired) electrons. The molecule has 1 saturated carbocycles. The molecular formula is C28H34F3N3O2. The normalized spacial score (nSPS) is 23.4. The average molecular weight is 502 g/mol. The van der Waals surface area contributed by atoms with Gasteiger partial charge in [-0.15, -0.1) is 0 Å². The Hall–Kier alpha value is -2.58. The number of anilines is 2. The Balaban J connectivity index is 1.14. The maximum absolute atomic E-state index is 12.8. The highest BCUT2D eigenvalue weighted by Gasteiger charge is 2.44. The van der Waals surface area contributed by atoms with Gasteiger partial charge in [0.05, 0.1) is 19.1 Å². The summed E-state index contributed by atoms with van der Waals surface area (Å²) in [7, 11) is 0. The number of alkyl halides is 3. The number of nitrogens with zero attached hydrogens (tertiary/aromatic N) is 2. The number of fused-ring (bicyclic) bond motifs is 1. The number of benzene rings is 2. The van der Waals surface area contributed by atoms with Gasteiger partial charge in [0.15, 0.2) is 0 Å². The number of rotatable bonds is 8. The largest absolute Gasteiger partial charge is 0.390 e. The van der Waals surface area contributed by atoms with Crippen LogP contribution < -0.4 is 10.2 Å². The first-order valence-corrected chi connectivity index (χ1v) is 12.9. The molecule has 0 aromatic heterocycles. The molecule has 3 unspecified atom stereocenters. The van der Waals surface area contributed by atoms with E-state index in [4.69, 9.17) is 4.74 Å². The van der Waals surface area contributed by atoms with Crippen molar-refractivity contribution in [1.29, 1.82) is 0 Å². The third kappa shape index (κ3) is 5.86. The molecule has 1 amide bonds. The standard InChI is InChI=1S/C28H34F3N3O2/c1-19(15-28(29,30)31)33-16-22-13-14-34(26(22)17-33)24-11-9-23(10-12-24)32-27(35)21-7-5-20(6-8-21)18-36-25-3-2-4-25/h5-12,19,22,25-26H,2-4,13-18H2,1H3,(H,32,35). The fourth-order valence-corrected chi connectivity index (χ4v) is 5.58. The van der Waals surface area contributed by atoms with Crippen molar-refractivity contribution in [1.82, 2.24) is 4.90 Å². The van der Waals surface area contributed by atoms with E-state index in [-0.39, 0.29) is 11.9 Å². The van der Waals surface area contributed by atoms with E-state index in [1.54, 1.807) is 6.92 Å². The van der Waals surface area contributed by atoms with Gasteiger partial charge in [0.1, 0.15) is 0 Å². The molecule has 5 nitrogen and oxygen atoms in total. The van der Waals surface area contributed by atoms with Crippen LogP contribution in [0.5, 0.6) is 0 Å². The maximum Gasteiger partial charge on any atom is 0.390 e. The summed E-state index contributed by atoms with van der Waals surface area (Å²) in [5, 5.41) is 2.95. The van der Waals surface area contributed by atoms with Crippen LogP contribution in [0.3, 0.4) is 0 Å². The first-order chi connectivity index (χ1) is 17.2. The van der Waals surface area contributed by atoms with Gasteiger partial charge in [-0.3, -0.25) is 9.69 Å². The number of carbonyl (C=O) groups is 1. The number of hydrogen-bond acceptors (Lipinski definition) is 4. The summed E-state index contributed by atoms with van der Waals surface area (Å²) >= 11 is 0. The summed E-state index contributed by atoms with van der Waals surface area (Å²) in [6.07, 6.45) is -0.0166. The molecule has 2 aromatic carbocycles. The fourth-order valence-electron chi connectivity index (χ4n) is 5.58. The molecule has 2 saturated heterocycles. The fraction of sp³-hybridized carbons (Fsp3) is 0.536. The predicted octanol–water partition coefficient (Wildman–Crippen LogP) is 5.86. The third-order valence-corrected chi connectivity index (χ3v) is 7.94. The number of halogens is 3. The van der Waals surface area contributed by atoms with E-state index < -0.39 is 18.6 Å². The molecule has 0 spiro atoms. The van der Waals surface area contributed by atoms with E-state index in [0.29, 0.717) is 36.4 Å². The van der Waals surface area contributed by atoms with Crippen LogP contribution in [0.25, 0.3) is 0 Å². The monoisotopic (exact) mass is 501 g/mol. The summed E-state index contributed by atoms with van der Waals surface area (Å²) in [5.74, 6) is 0.225. The molecule has 8 heteroatoms. The number of amides is 1. The van der Waals surface area contributed by atoms with Crippen molar-refractivity contribution >= 4 is 17.3 Å². The van der Waals surface area contributed by atoms with Crippen molar-refractivity contribution in [3.05, 3.63) is 59.7 Å². The van der Waals surface area contributed by atoms with Gasteiger partial charge in [-0.25, -0.2) is 0 Å². The minimum atomic E-state index is -4.14. The molecule has 3 fully saturated rings. The lowest BCUT2D eigenvalue weighted by atomic mass is 9.96. The van der Waals surface area contributed by atoms with Gasteiger partial charge in [-0.2, -0.15) is 13.2 Å². The van der Waals surface area contributed by atoms with E-state index in [1.165, 1.54) is 6.42 Å².